The lowest BCUT2D eigenvalue weighted by molar-refractivity contribution is -0.386. The molecule has 0 spiro atoms. The molecule has 18 heavy (non-hydrogen) atoms. The molecule has 0 aromatic carbocycles. The summed E-state index contributed by atoms with van der Waals surface area (Å²) < 4.78 is 7.20. The van der Waals surface area contributed by atoms with Gasteiger partial charge in [0.1, 0.15) is 11.8 Å². The molecule has 2 heterocycles. The Balaban J connectivity index is 2.28. The van der Waals surface area contributed by atoms with Crippen molar-refractivity contribution in [3.63, 3.8) is 0 Å². The molecule has 1 fully saturated rings. The molecule has 1 N–H and O–H groups in total. The van der Waals surface area contributed by atoms with Gasteiger partial charge in [-0.1, -0.05) is 13.3 Å². The van der Waals surface area contributed by atoms with Gasteiger partial charge in [-0.2, -0.15) is 5.10 Å². The summed E-state index contributed by atoms with van der Waals surface area (Å²) >= 11 is 0. The van der Waals surface area contributed by atoms with Gasteiger partial charge >= 0.3 is 5.69 Å². The molecule has 1 aliphatic rings. The number of aromatic nitrogens is 2. The second-order valence-corrected chi connectivity index (χ2v) is 4.46. The van der Waals surface area contributed by atoms with Crippen LogP contribution in [0.25, 0.3) is 0 Å². The van der Waals surface area contributed by atoms with Gasteiger partial charge < -0.3 is 10.1 Å². The van der Waals surface area contributed by atoms with Gasteiger partial charge in [-0.25, -0.2) is 4.68 Å². The van der Waals surface area contributed by atoms with Crippen LogP contribution in [-0.4, -0.2) is 33.9 Å². The molecule has 1 atom stereocenters. The summed E-state index contributed by atoms with van der Waals surface area (Å²) in [5.41, 5.74) is 0.525. The molecule has 1 saturated heterocycles. The first-order chi connectivity index (χ1) is 8.63. The van der Waals surface area contributed by atoms with Crippen LogP contribution in [0.3, 0.4) is 0 Å². The van der Waals surface area contributed by atoms with E-state index >= 15 is 0 Å². The molecule has 0 amide bonds. The molecular weight excluding hydrogens is 236 g/mol. The van der Waals surface area contributed by atoms with E-state index in [1.807, 2.05) is 6.92 Å². The largest absolute Gasteiger partial charge is 0.468 e. The van der Waals surface area contributed by atoms with Crippen LogP contribution in [0.5, 0.6) is 5.88 Å². The maximum absolute atomic E-state index is 11.2. The van der Waals surface area contributed by atoms with Crippen LogP contribution in [0.15, 0.2) is 0 Å². The molecule has 100 valence electrons. The summed E-state index contributed by atoms with van der Waals surface area (Å²) in [4.78, 5) is 10.8. The topological polar surface area (TPSA) is 82.2 Å². The van der Waals surface area contributed by atoms with Gasteiger partial charge in [0, 0.05) is 13.6 Å². The van der Waals surface area contributed by atoms with Crippen LogP contribution in [0.1, 0.15) is 25.5 Å². The van der Waals surface area contributed by atoms with Crippen LogP contribution in [0.2, 0.25) is 0 Å². The number of nitrogens with zero attached hydrogens (tertiary/aromatic N) is 3. The molecule has 0 bridgehead atoms. The average Bonchev–Trinajstić information content (AvgIpc) is 2.89. The minimum atomic E-state index is -0.393. The Hall–Kier alpha value is -1.63. The van der Waals surface area contributed by atoms with E-state index in [1.165, 1.54) is 4.68 Å². The number of hydrogen-bond donors (Lipinski definition) is 1. The van der Waals surface area contributed by atoms with Crippen molar-refractivity contribution in [3.8, 4) is 5.88 Å². The molecule has 7 heteroatoms. The van der Waals surface area contributed by atoms with Crippen LogP contribution in [0.4, 0.5) is 5.69 Å². The minimum Gasteiger partial charge on any atom is -0.468 e. The predicted octanol–water partition coefficient (Wildman–Crippen LogP) is 1.02. The van der Waals surface area contributed by atoms with E-state index in [1.54, 1.807) is 7.05 Å². The zero-order chi connectivity index (χ0) is 13.1. The highest BCUT2D eigenvalue weighted by atomic mass is 16.6. The Kier molecular flexibility index (Phi) is 3.81. The standard InChI is InChI=1S/C11H18N4O3/c1-3-4-9-10(15(16)17)11(14(2)13-9)18-8-5-6-12-7-8/h8,12H,3-7H2,1-2H3. The average molecular weight is 254 g/mol. The van der Waals surface area contributed by atoms with Crippen molar-refractivity contribution in [1.29, 1.82) is 0 Å². The maximum Gasteiger partial charge on any atom is 0.353 e. The highest BCUT2D eigenvalue weighted by Gasteiger charge is 2.30. The van der Waals surface area contributed by atoms with E-state index in [0.717, 1.165) is 25.9 Å². The summed E-state index contributed by atoms with van der Waals surface area (Å²) in [6, 6.07) is 0. The van der Waals surface area contributed by atoms with Crippen molar-refractivity contribution in [2.75, 3.05) is 13.1 Å². The quantitative estimate of drug-likeness (QED) is 0.626. The van der Waals surface area contributed by atoms with Gasteiger partial charge in [0.15, 0.2) is 0 Å². The fraction of sp³-hybridized carbons (Fsp3) is 0.727. The maximum atomic E-state index is 11.2. The Morgan fingerprint density at radius 1 is 1.67 bits per heavy atom. The summed E-state index contributed by atoms with van der Waals surface area (Å²) in [7, 11) is 1.68. The number of aryl methyl sites for hydroxylation is 2. The Labute approximate surface area is 105 Å². The van der Waals surface area contributed by atoms with Crippen molar-refractivity contribution in [3.05, 3.63) is 15.8 Å². The summed E-state index contributed by atoms with van der Waals surface area (Å²) in [5, 5.41) is 18.5. The lowest BCUT2D eigenvalue weighted by Crippen LogP contribution is -2.21. The Morgan fingerprint density at radius 2 is 2.44 bits per heavy atom. The number of rotatable bonds is 5. The first kappa shape index (κ1) is 12.8. The van der Waals surface area contributed by atoms with E-state index in [2.05, 4.69) is 10.4 Å². The Morgan fingerprint density at radius 3 is 3.00 bits per heavy atom. The third-order valence-electron chi connectivity index (χ3n) is 3.00. The van der Waals surface area contributed by atoms with Crippen LogP contribution < -0.4 is 10.1 Å². The molecule has 1 aromatic rings. The zero-order valence-corrected chi connectivity index (χ0v) is 10.7. The van der Waals surface area contributed by atoms with Gasteiger partial charge in [0.25, 0.3) is 5.88 Å². The minimum absolute atomic E-state index is 0.00595. The molecule has 7 nitrogen and oxygen atoms in total. The van der Waals surface area contributed by atoms with Crippen molar-refractivity contribution in [2.45, 2.75) is 32.3 Å². The highest BCUT2D eigenvalue weighted by Crippen LogP contribution is 2.32. The summed E-state index contributed by atoms with van der Waals surface area (Å²) in [6.07, 6.45) is 2.28. The fourth-order valence-electron chi connectivity index (χ4n) is 2.16. The fourth-order valence-corrected chi connectivity index (χ4v) is 2.16. The van der Waals surface area contributed by atoms with Crippen molar-refractivity contribution in [2.24, 2.45) is 7.05 Å². The van der Waals surface area contributed by atoms with Crippen molar-refractivity contribution in [1.82, 2.24) is 15.1 Å². The molecule has 0 saturated carbocycles. The second-order valence-electron chi connectivity index (χ2n) is 4.46. The molecule has 1 unspecified atom stereocenters. The number of nitro groups is 1. The number of hydrogen-bond acceptors (Lipinski definition) is 5. The predicted molar refractivity (Wildman–Crippen MR) is 65.8 cm³/mol. The highest BCUT2D eigenvalue weighted by molar-refractivity contribution is 5.46. The second kappa shape index (κ2) is 5.34. The van der Waals surface area contributed by atoms with Gasteiger partial charge in [-0.15, -0.1) is 0 Å². The van der Waals surface area contributed by atoms with Crippen molar-refractivity contribution >= 4 is 5.69 Å². The van der Waals surface area contributed by atoms with Crippen LogP contribution in [-0.2, 0) is 13.5 Å². The molecule has 0 radical (unpaired) electrons. The smallest absolute Gasteiger partial charge is 0.353 e. The lowest BCUT2D eigenvalue weighted by Gasteiger charge is -2.11. The first-order valence-corrected chi connectivity index (χ1v) is 6.21. The van der Waals surface area contributed by atoms with E-state index in [-0.39, 0.29) is 17.7 Å². The monoisotopic (exact) mass is 254 g/mol. The Bertz CT molecular complexity index is 438. The van der Waals surface area contributed by atoms with Gasteiger partial charge in [-0.05, 0) is 19.4 Å². The molecular formula is C11H18N4O3. The van der Waals surface area contributed by atoms with Crippen LogP contribution >= 0.6 is 0 Å². The molecule has 0 aliphatic carbocycles. The molecule has 2 rings (SSSR count). The lowest BCUT2D eigenvalue weighted by atomic mass is 10.2. The SMILES string of the molecule is CCCc1nn(C)c(OC2CCNC2)c1[N+](=O)[O-]. The third-order valence-corrected chi connectivity index (χ3v) is 3.00. The normalized spacial score (nSPS) is 19.1. The molecule has 1 aromatic heterocycles. The van der Waals surface area contributed by atoms with Gasteiger partial charge in [-0.3, -0.25) is 10.1 Å². The van der Waals surface area contributed by atoms with Gasteiger partial charge in [0.05, 0.1) is 4.92 Å². The zero-order valence-electron chi connectivity index (χ0n) is 10.7. The van der Waals surface area contributed by atoms with E-state index in [4.69, 9.17) is 4.74 Å². The number of ether oxygens (including phenoxy) is 1. The summed E-state index contributed by atoms with van der Waals surface area (Å²) in [5.74, 6) is 0.275. The van der Waals surface area contributed by atoms with E-state index in [9.17, 15) is 10.1 Å². The summed E-state index contributed by atoms with van der Waals surface area (Å²) in [6.45, 7) is 3.59. The van der Waals surface area contributed by atoms with Crippen LogP contribution in [0, 0.1) is 10.1 Å². The van der Waals surface area contributed by atoms with Crippen molar-refractivity contribution < 1.29 is 9.66 Å². The van der Waals surface area contributed by atoms with Gasteiger partial charge in [0.2, 0.25) is 0 Å². The number of nitrogens with one attached hydrogen (secondary N) is 1. The third kappa shape index (κ3) is 2.45. The van der Waals surface area contributed by atoms with E-state index < -0.39 is 4.92 Å². The molecule has 1 aliphatic heterocycles. The van der Waals surface area contributed by atoms with E-state index in [0.29, 0.717) is 12.1 Å². The first-order valence-electron chi connectivity index (χ1n) is 6.21.